The van der Waals surface area contributed by atoms with Crippen molar-refractivity contribution in [2.45, 2.75) is 39.2 Å². The molecule has 14 heavy (non-hydrogen) atoms. The van der Waals surface area contributed by atoms with E-state index in [1.54, 1.807) is 6.07 Å². The first-order valence-corrected chi connectivity index (χ1v) is 5.02. The summed E-state index contributed by atoms with van der Waals surface area (Å²) in [6.07, 6.45) is 0.937. The lowest BCUT2D eigenvalue weighted by Gasteiger charge is -2.16. The van der Waals surface area contributed by atoms with E-state index in [1.807, 2.05) is 19.9 Å². The van der Waals surface area contributed by atoms with Gasteiger partial charge in [0, 0.05) is 6.04 Å². The van der Waals surface area contributed by atoms with Crippen molar-refractivity contribution in [3.8, 4) is 0 Å². The average Bonchev–Trinajstić information content (AvgIpc) is 2.01. The van der Waals surface area contributed by atoms with Gasteiger partial charge < -0.3 is 5.73 Å². The Morgan fingerprint density at radius 1 is 1.36 bits per heavy atom. The lowest BCUT2D eigenvalue weighted by Crippen LogP contribution is -2.17. The van der Waals surface area contributed by atoms with Gasteiger partial charge in [-0.1, -0.05) is 13.0 Å². The molecule has 2 unspecified atom stereocenters. The smallest absolute Gasteiger partial charge is 0.123 e. The van der Waals surface area contributed by atoms with Crippen LogP contribution < -0.4 is 5.73 Å². The summed E-state index contributed by atoms with van der Waals surface area (Å²) >= 11 is 0. The van der Waals surface area contributed by atoms with Crippen LogP contribution in [0.25, 0.3) is 0 Å². The minimum absolute atomic E-state index is 0.167. The van der Waals surface area contributed by atoms with Crippen molar-refractivity contribution < 1.29 is 4.39 Å². The number of benzene rings is 1. The first-order valence-electron chi connectivity index (χ1n) is 5.02. The summed E-state index contributed by atoms with van der Waals surface area (Å²) in [4.78, 5) is 0. The Labute approximate surface area is 85.1 Å². The van der Waals surface area contributed by atoms with E-state index in [0.29, 0.717) is 5.92 Å². The van der Waals surface area contributed by atoms with Gasteiger partial charge in [-0.15, -0.1) is 0 Å². The van der Waals surface area contributed by atoms with Crippen molar-refractivity contribution >= 4 is 0 Å². The van der Waals surface area contributed by atoms with Gasteiger partial charge >= 0.3 is 0 Å². The molecule has 0 fully saturated rings. The molecule has 0 spiro atoms. The number of nitrogens with two attached hydrogens (primary N) is 1. The van der Waals surface area contributed by atoms with Crippen molar-refractivity contribution in [3.63, 3.8) is 0 Å². The summed E-state index contributed by atoms with van der Waals surface area (Å²) in [5, 5.41) is 0. The summed E-state index contributed by atoms with van der Waals surface area (Å²) in [6.45, 7) is 6.06. The Morgan fingerprint density at radius 2 is 2.00 bits per heavy atom. The quantitative estimate of drug-likeness (QED) is 0.788. The molecule has 1 aromatic carbocycles. The van der Waals surface area contributed by atoms with Crippen molar-refractivity contribution in [3.05, 3.63) is 35.1 Å². The zero-order valence-corrected chi connectivity index (χ0v) is 9.05. The molecular weight excluding hydrogens is 177 g/mol. The molecule has 78 valence electrons. The van der Waals surface area contributed by atoms with Crippen LogP contribution in [0.15, 0.2) is 18.2 Å². The van der Waals surface area contributed by atoms with Crippen molar-refractivity contribution in [1.82, 2.24) is 0 Å². The highest BCUT2D eigenvalue weighted by Crippen LogP contribution is 2.23. The highest BCUT2D eigenvalue weighted by Gasteiger charge is 2.10. The van der Waals surface area contributed by atoms with Gasteiger partial charge in [0.2, 0.25) is 0 Å². The highest BCUT2D eigenvalue weighted by atomic mass is 19.1. The Hall–Kier alpha value is -0.890. The van der Waals surface area contributed by atoms with E-state index in [0.717, 1.165) is 12.0 Å². The van der Waals surface area contributed by atoms with E-state index < -0.39 is 0 Å². The van der Waals surface area contributed by atoms with Gasteiger partial charge in [0.25, 0.3) is 0 Å². The van der Waals surface area contributed by atoms with Gasteiger partial charge in [0.05, 0.1) is 0 Å². The lowest BCUT2D eigenvalue weighted by molar-refractivity contribution is 0.580. The SMILES string of the molecule is Cc1cc(F)ccc1C(C)CC(C)N. The second-order valence-corrected chi connectivity index (χ2v) is 4.11. The maximum atomic E-state index is 12.8. The van der Waals surface area contributed by atoms with Gasteiger partial charge in [-0.25, -0.2) is 4.39 Å². The minimum atomic E-state index is -0.167. The molecule has 0 bridgehead atoms. The Balaban J connectivity index is 2.84. The van der Waals surface area contributed by atoms with Gasteiger partial charge in [-0.05, 0) is 49.4 Å². The number of aryl methyl sites for hydroxylation is 1. The van der Waals surface area contributed by atoms with E-state index in [9.17, 15) is 4.39 Å². The summed E-state index contributed by atoms with van der Waals surface area (Å²) in [6, 6.07) is 5.14. The van der Waals surface area contributed by atoms with Crippen LogP contribution in [0.5, 0.6) is 0 Å². The second kappa shape index (κ2) is 4.56. The molecule has 0 aliphatic heterocycles. The molecule has 0 saturated heterocycles. The number of hydrogen-bond acceptors (Lipinski definition) is 1. The van der Waals surface area contributed by atoms with Crippen LogP contribution in [0.3, 0.4) is 0 Å². The molecule has 0 radical (unpaired) electrons. The third-order valence-corrected chi connectivity index (χ3v) is 2.49. The molecule has 1 aromatic rings. The summed E-state index contributed by atoms with van der Waals surface area (Å²) in [7, 11) is 0. The highest BCUT2D eigenvalue weighted by molar-refractivity contribution is 5.29. The summed E-state index contributed by atoms with van der Waals surface area (Å²) in [5.74, 6) is 0.231. The molecule has 2 atom stereocenters. The van der Waals surface area contributed by atoms with Crippen LogP contribution in [0.4, 0.5) is 4.39 Å². The van der Waals surface area contributed by atoms with Crippen LogP contribution in [-0.4, -0.2) is 6.04 Å². The fraction of sp³-hybridized carbons (Fsp3) is 0.500. The number of halogens is 1. The Bertz CT molecular complexity index is 307. The van der Waals surface area contributed by atoms with E-state index in [4.69, 9.17) is 5.73 Å². The molecule has 0 heterocycles. The van der Waals surface area contributed by atoms with E-state index >= 15 is 0 Å². The third-order valence-electron chi connectivity index (χ3n) is 2.49. The average molecular weight is 195 g/mol. The lowest BCUT2D eigenvalue weighted by atomic mass is 9.91. The van der Waals surface area contributed by atoms with Crippen LogP contribution >= 0.6 is 0 Å². The van der Waals surface area contributed by atoms with Crippen LogP contribution in [0.1, 0.15) is 37.3 Å². The molecule has 2 heteroatoms. The van der Waals surface area contributed by atoms with Gasteiger partial charge in [0.1, 0.15) is 5.82 Å². The molecule has 0 saturated carbocycles. The predicted molar refractivity (Wildman–Crippen MR) is 57.8 cm³/mol. The first kappa shape index (κ1) is 11.2. The molecule has 1 rings (SSSR count). The molecule has 0 aliphatic rings. The standard InChI is InChI=1S/C12H18FN/c1-8(6-10(3)14)12-5-4-11(13)7-9(12)2/h4-5,7-8,10H,6,14H2,1-3H3. The Morgan fingerprint density at radius 3 is 2.50 bits per heavy atom. The van der Waals surface area contributed by atoms with E-state index in [1.165, 1.54) is 11.6 Å². The van der Waals surface area contributed by atoms with E-state index in [-0.39, 0.29) is 11.9 Å². The maximum absolute atomic E-state index is 12.8. The fourth-order valence-corrected chi connectivity index (χ4v) is 1.88. The molecule has 2 N–H and O–H groups in total. The fourth-order valence-electron chi connectivity index (χ4n) is 1.88. The molecule has 0 aliphatic carbocycles. The normalized spacial score (nSPS) is 15.2. The monoisotopic (exact) mass is 195 g/mol. The van der Waals surface area contributed by atoms with Crippen LogP contribution in [0.2, 0.25) is 0 Å². The van der Waals surface area contributed by atoms with Crippen LogP contribution in [-0.2, 0) is 0 Å². The topological polar surface area (TPSA) is 26.0 Å². The van der Waals surface area contributed by atoms with Gasteiger partial charge in [0.15, 0.2) is 0 Å². The minimum Gasteiger partial charge on any atom is -0.328 e. The van der Waals surface area contributed by atoms with Crippen molar-refractivity contribution in [1.29, 1.82) is 0 Å². The number of hydrogen-bond donors (Lipinski definition) is 1. The van der Waals surface area contributed by atoms with Crippen molar-refractivity contribution in [2.75, 3.05) is 0 Å². The second-order valence-electron chi connectivity index (χ2n) is 4.11. The molecule has 0 aromatic heterocycles. The maximum Gasteiger partial charge on any atom is 0.123 e. The summed E-state index contributed by atoms with van der Waals surface area (Å²) < 4.78 is 12.8. The van der Waals surface area contributed by atoms with Crippen molar-refractivity contribution in [2.24, 2.45) is 5.73 Å². The van der Waals surface area contributed by atoms with Gasteiger partial charge in [-0.2, -0.15) is 0 Å². The third kappa shape index (κ3) is 2.81. The zero-order valence-electron chi connectivity index (χ0n) is 9.05. The zero-order chi connectivity index (χ0) is 10.7. The Kier molecular flexibility index (Phi) is 3.64. The molecule has 1 nitrogen and oxygen atoms in total. The first-order chi connectivity index (χ1) is 6.50. The number of rotatable bonds is 3. The summed E-state index contributed by atoms with van der Waals surface area (Å²) in [5.41, 5.74) is 7.95. The largest absolute Gasteiger partial charge is 0.328 e. The molecular formula is C12H18FN. The van der Waals surface area contributed by atoms with E-state index in [2.05, 4.69) is 6.92 Å². The van der Waals surface area contributed by atoms with Gasteiger partial charge in [-0.3, -0.25) is 0 Å². The van der Waals surface area contributed by atoms with Crippen LogP contribution in [0, 0.1) is 12.7 Å². The molecule has 0 amide bonds. The predicted octanol–water partition coefficient (Wildman–Crippen LogP) is 2.97.